The molecule has 124 valence electrons. The van der Waals surface area contributed by atoms with Gasteiger partial charge in [0, 0.05) is 11.6 Å². The zero-order valence-corrected chi connectivity index (χ0v) is 14.6. The average Bonchev–Trinajstić information content (AvgIpc) is 2.62. The van der Waals surface area contributed by atoms with Crippen LogP contribution in [0.25, 0.3) is 10.8 Å². The van der Waals surface area contributed by atoms with Crippen molar-refractivity contribution in [1.29, 1.82) is 0 Å². The lowest BCUT2D eigenvalue weighted by atomic mass is 9.83. The largest absolute Gasteiger partial charge is 0.497 e. The van der Waals surface area contributed by atoms with E-state index in [2.05, 4.69) is 21.4 Å². The Labute approximate surface area is 147 Å². The third-order valence-corrected chi connectivity index (χ3v) is 5.27. The van der Waals surface area contributed by atoms with Gasteiger partial charge in [-0.2, -0.15) is 0 Å². The van der Waals surface area contributed by atoms with E-state index in [4.69, 9.17) is 10.6 Å². The number of benzene rings is 2. The summed E-state index contributed by atoms with van der Waals surface area (Å²) < 4.78 is 18.9. The molecule has 2 aromatic carbocycles. The molecule has 1 unspecified atom stereocenters. The molecule has 2 aromatic rings. The number of amides is 1. The fraction of sp³-hybridized carbons (Fsp3) is 0.167. The Balaban J connectivity index is 2.30. The predicted molar refractivity (Wildman–Crippen MR) is 95.1 cm³/mol. The molecule has 3 N–H and O–H groups in total. The molecule has 0 fully saturated rings. The van der Waals surface area contributed by atoms with Gasteiger partial charge in [0.1, 0.15) is 15.9 Å². The van der Waals surface area contributed by atoms with Crippen molar-refractivity contribution in [3.8, 4) is 0 Å². The molecule has 0 saturated carbocycles. The predicted octanol–water partition coefficient (Wildman–Crippen LogP) is 3.82. The standard InChI is InChI=1S/C18H16BrFN2O2/c1-24-12-8-9-18(19,15(20)10-12)16-13-5-3-2-4-11(13)6-7-14(16)17(23)22-21/h2-8,10H,9,21H2,1H3,(H,22,23). The summed E-state index contributed by atoms with van der Waals surface area (Å²) in [6.07, 6.45) is 3.41. The number of carbonyl (C=O) groups excluding carboxylic acids is 1. The number of nitrogen functional groups attached to an aromatic ring is 1. The summed E-state index contributed by atoms with van der Waals surface area (Å²) in [6, 6.07) is 11.0. The lowest BCUT2D eigenvalue weighted by Gasteiger charge is -2.31. The van der Waals surface area contributed by atoms with E-state index in [0.29, 0.717) is 23.3 Å². The van der Waals surface area contributed by atoms with Crippen LogP contribution < -0.4 is 11.3 Å². The van der Waals surface area contributed by atoms with Gasteiger partial charge in [-0.3, -0.25) is 10.2 Å². The molecule has 0 aromatic heterocycles. The number of halogens is 2. The fourth-order valence-corrected chi connectivity index (χ4v) is 3.67. The van der Waals surface area contributed by atoms with Gasteiger partial charge in [0.05, 0.1) is 7.11 Å². The molecule has 0 heterocycles. The van der Waals surface area contributed by atoms with Crippen LogP contribution in [0.3, 0.4) is 0 Å². The lowest BCUT2D eigenvalue weighted by molar-refractivity contribution is 0.0952. The number of alkyl halides is 1. The van der Waals surface area contributed by atoms with Gasteiger partial charge in [-0.15, -0.1) is 0 Å². The second kappa shape index (κ2) is 6.37. The molecule has 0 bridgehead atoms. The minimum Gasteiger partial charge on any atom is -0.497 e. The van der Waals surface area contributed by atoms with Gasteiger partial charge in [-0.25, -0.2) is 10.2 Å². The Hall–Kier alpha value is -2.18. The number of allylic oxidation sites excluding steroid dienone is 3. The average molecular weight is 391 g/mol. The normalized spacial score (nSPS) is 20.3. The third-order valence-electron chi connectivity index (χ3n) is 4.17. The third kappa shape index (κ3) is 2.61. The highest BCUT2D eigenvalue weighted by molar-refractivity contribution is 9.09. The molecular weight excluding hydrogens is 375 g/mol. The molecule has 0 spiro atoms. The topological polar surface area (TPSA) is 64.3 Å². The first-order chi connectivity index (χ1) is 11.5. The number of carbonyl (C=O) groups is 1. The van der Waals surface area contributed by atoms with Gasteiger partial charge in [0.2, 0.25) is 0 Å². The summed E-state index contributed by atoms with van der Waals surface area (Å²) in [6.45, 7) is 0. The lowest BCUT2D eigenvalue weighted by Crippen LogP contribution is -2.33. The number of ether oxygens (including phenoxy) is 1. The van der Waals surface area contributed by atoms with Crippen LogP contribution in [-0.4, -0.2) is 13.0 Å². The summed E-state index contributed by atoms with van der Waals surface area (Å²) in [5.41, 5.74) is 3.01. The zero-order chi connectivity index (χ0) is 17.3. The Bertz CT molecular complexity index is 878. The quantitative estimate of drug-likeness (QED) is 0.362. The van der Waals surface area contributed by atoms with Crippen LogP contribution in [0.2, 0.25) is 0 Å². The van der Waals surface area contributed by atoms with Crippen molar-refractivity contribution < 1.29 is 13.9 Å². The molecule has 1 aliphatic carbocycles. The maximum atomic E-state index is 15.0. The highest BCUT2D eigenvalue weighted by atomic mass is 79.9. The first kappa shape index (κ1) is 16.7. The van der Waals surface area contributed by atoms with Gasteiger partial charge < -0.3 is 4.74 Å². The Morgan fingerprint density at radius 3 is 2.75 bits per heavy atom. The highest BCUT2D eigenvalue weighted by Crippen LogP contribution is 2.49. The van der Waals surface area contributed by atoms with Crippen LogP contribution in [0, 0.1) is 0 Å². The van der Waals surface area contributed by atoms with Crippen molar-refractivity contribution >= 4 is 32.6 Å². The molecule has 1 aliphatic rings. The van der Waals surface area contributed by atoms with Gasteiger partial charge in [-0.05, 0) is 34.9 Å². The summed E-state index contributed by atoms with van der Waals surface area (Å²) >= 11 is 3.53. The molecule has 0 saturated heterocycles. The smallest absolute Gasteiger partial charge is 0.265 e. The number of methoxy groups -OCH3 is 1. The van der Waals surface area contributed by atoms with E-state index in [0.717, 1.165) is 10.8 Å². The van der Waals surface area contributed by atoms with E-state index in [1.54, 1.807) is 12.1 Å². The Kier molecular flexibility index (Phi) is 4.43. The maximum absolute atomic E-state index is 15.0. The van der Waals surface area contributed by atoms with E-state index >= 15 is 0 Å². The van der Waals surface area contributed by atoms with Crippen LogP contribution >= 0.6 is 15.9 Å². The van der Waals surface area contributed by atoms with Crippen molar-refractivity contribution in [3.63, 3.8) is 0 Å². The van der Waals surface area contributed by atoms with E-state index in [-0.39, 0.29) is 0 Å². The van der Waals surface area contributed by atoms with Crippen molar-refractivity contribution in [2.24, 2.45) is 5.84 Å². The molecular formula is C18H16BrFN2O2. The van der Waals surface area contributed by atoms with Gasteiger partial charge in [0.25, 0.3) is 5.91 Å². The van der Waals surface area contributed by atoms with E-state index in [1.165, 1.54) is 13.2 Å². The van der Waals surface area contributed by atoms with Gasteiger partial charge in [-0.1, -0.05) is 46.3 Å². The summed E-state index contributed by atoms with van der Waals surface area (Å²) in [5, 5.41) is 1.70. The molecule has 1 amide bonds. The Morgan fingerprint density at radius 2 is 2.08 bits per heavy atom. The van der Waals surface area contributed by atoms with Gasteiger partial charge in [0.15, 0.2) is 0 Å². The SMILES string of the molecule is COC1=CCC(Br)(c2c(C(=O)NN)ccc3ccccc23)C(F)=C1. The highest BCUT2D eigenvalue weighted by Gasteiger charge is 2.40. The number of hydrogen-bond donors (Lipinski definition) is 2. The van der Waals surface area contributed by atoms with Crippen molar-refractivity contribution in [1.82, 2.24) is 5.43 Å². The minimum absolute atomic E-state index is 0.303. The first-order valence-corrected chi connectivity index (χ1v) is 8.14. The second-order valence-electron chi connectivity index (χ2n) is 5.49. The van der Waals surface area contributed by atoms with E-state index < -0.39 is 16.1 Å². The second-order valence-corrected chi connectivity index (χ2v) is 6.84. The summed E-state index contributed by atoms with van der Waals surface area (Å²) in [4.78, 5) is 12.3. The molecule has 0 aliphatic heterocycles. The molecule has 24 heavy (non-hydrogen) atoms. The van der Waals surface area contributed by atoms with Crippen molar-refractivity contribution in [2.75, 3.05) is 7.11 Å². The van der Waals surface area contributed by atoms with Gasteiger partial charge >= 0.3 is 0 Å². The number of hydrazine groups is 1. The van der Waals surface area contributed by atoms with E-state index in [9.17, 15) is 9.18 Å². The first-order valence-electron chi connectivity index (χ1n) is 7.35. The number of nitrogens with one attached hydrogen (secondary N) is 1. The number of nitrogens with two attached hydrogens (primary N) is 1. The van der Waals surface area contributed by atoms with Crippen molar-refractivity contribution in [2.45, 2.75) is 10.7 Å². The molecule has 3 rings (SSSR count). The summed E-state index contributed by atoms with van der Waals surface area (Å²) in [7, 11) is 1.49. The van der Waals surface area contributed by atoms with Crippen LogP contribution in [0.4, 0.5) is 4.39 Å². The van der Waals surface area contributed by atoms with Crippen LogP contribution in [-0.2, 0) is 9.06 Å². The van der Waals surface area contributed by atoms with Crippen LogP contribution in [0.1, 0.15) is 22.3 Å². The number of hydrogen-bond acceptors (Lipinski definition) is 3. The number of fused-ring (bicyclic) bond motifs is 1. The minimum atomic E-state index is -1.16. The molecule has 4 nitrogen and oxygen atoms in total. The van der Waals surface area contributed by atoms with Crippen molar-refractivity contribution in [3.05, 3.63) is 71.3 Å². The monoisotopic (exact) mass is 390 g/mol. The fourth-order valence-electron chi connectivity index (χ4n) is 2.97. The molecule has 1 atom stereocenters. The number of rotatable bonds is 3. The Morgan fingerprint density at radius 1 is 1.33 bits per heavy atom. The molecule has 0 radical (unpaired) electrons. The van der Waals surface area contributed by atoms with E-state index in [1.807, 2.05) is 30.3 Å². The molecule has 6 heteroatoms. The summed E-state index contributed by atoms with van der Waals surface area (Å²) in [5.74, 6) is 4.87. The van der Waals surface area contributed by atoms with Crippen LogP contribution in [0.5, 0.6) is 0 Å². The maximum Gasteiger partial charge on any atom is 0.265 e. The van der Waals surface area contributed by atoms with Crippen LogP contribution in [0.15, 0.2) is 60.1 Å². The zero-order valence-electron chi connectivity index (χ0n) is 13.0.